The number of carbonyl (C=O) groups is 1. The van der Waals surface area contributed by atoms with Crippen LogP contribution in [0, 0.1) is 12.8 Å². The van der Waals surface area contributed by atoms with E-state index in [0.29, 0.717) is 23.9 Å². The van der Waals surface area contributed by atoms with Crippen molar-refractivity contribution in [3.8, 4) is 17.1 Å². The predicted molar refractivity (Wildman–Crippen MR) is 136 cm³/mol. The first kappa shape index (κ1) is 24.5. The highest BCUT2D eigenvalue weighted by atomic mass is 32.2. The molecule has 0 radical (unpaired) electrons. The molecule has 0 N–H and O–H groups in total. The van der Waals surface area contributed by atoms with Crippen molar-refractivity contribution in [3.63, 3.8) is 0 Å². The van der Waals surface area contributed by atoms with Crippen molar-refractivity contribution in [2.45, 2.75) is 38.4 Å². The highest BCUT2D eigenvalue weighted by Gasteiger charge is 2.35. The van der Waals surface area contributed by atoms with Gasteiger partial charge in [-0.25, -0.2) is 8.42 Å². The fraction of sp³-hybridized carbons (Fsp3) is 0.400. The lowest BCUT2D eigenvalue weighted by molar-refractivity contribution is -0.130. The smallest absolute Gasteiger partial charge is 0.233 e. The first-order valence-electron chi connectivity index (χ1n) is 11.4. The predicted octanol–water partition coefficient (Wildman–Crippen LogP) is 4.01. The van der Waals surface area contributed by atoms with Crippen LogP contribution in [0.15, 0.2) is 59.8 Å². The number of benzene rings is 2. The van der Waals surface area contributed by atoms with Gasteiger partial charge in [0.05, 0.1) is 17.3 Å². The van der Waals surface area contributed by atoms with E-state index in [0.717, 1.165) is 16.8 Å². The number of rotatable bonds is 8. The van der Waals surface area contributed by atoms with Crippen LogP contribution < -0.4 is 0 Å². The molecule has 0 saturated carbocycles. The molecule has 0 bridgehead atoms. The van der Waals surface area contributed by atoms with Crippen molar-refractivity contribution in [1.82, 2.24) is 19.7 Å². The Kier molecular flexibility index (Phi) is 7.42. The van der Waals surface area contributed by atoms with E-state index in [-0.39, 0.29) is 35.1 Å². The van der Waals surface area contributed by atoms with Gasteiger partial charge in [0.2, 0.25) is 5.91 Å². The lowest BCUT2D eigenvalue weighted by Crippen LogP contribution is -2.44. The van der Waals surface area contributed by atoms with Gasteiger partial charge < -0.3 is 4.90 Å². The van der Waals surface area contributed by atoms with Crippen molar-refractivity contribution in [1.29, 1.82) is 0 Å². The first-order valence-corrected chi connectivity index (χ1v) is 14.2. The van der Waals surface area contributed by atoms with Gasteiger partial charge in [-0.3, -0.25) is 9.36 Å². The SMILES string of the molecule is Cc1ccc(-n2c(SCC(=O)N(CC(C)C)[C@@H]3CCS(=O)(=O)C3)nnc2-c2ccccc2)cc1. The third-order valence-corrected chi connectivity index (χ3v) is 8.48. The van der Waals surface area contributed by atoms with Gasteiger partial charge in [0.1, 0.15) is 0 Å². The highest BCUT2D eigenvalue weighted by Crippen LogP contribution is 2.29. The van der Waals surface area contributed by atoms with Crippen molar-refractivity contribution >= 4 is 27.5 Å². The number of aromatic nitrogens is 3. The first-order chi connectivity index (χ1) is 16.2. The number of aryl methyl sites for hydroxylation is 1. The number of carbonyl (C=O) groups excluding carboxylic acids is 1. The molecule has 0 aliphatic carbocycles. The number of thioether (sulfide) groups is 1. The van der Waals surface area contributed by atoms with Crippen molar-refractivity contribution in [2.75, 3.05) is 23.8 Å². The van der Waals surface area contributed by atoms with Gasteiger partial charge in [0.25, 0.3) is 0 Å². The monoisotopic (exact) mass is 498 g/mol. The molecular formula is C25H30N4O3S2. The summed E-state index contributed by atoms with van der Waals surface area (Å²) in [5.74, 6) is 1.25. The minimum absolute atomic E-state index is 0.0494. The third-order valence-electron chi connectivity index (χ3n) is 5.81. The molecular weight excluding hydrogens is 468 g/mol. The van der Waals surface area contributed by atoms with Gasteiger partial charge in [0.15, 0.2) is 20.8 Å². The van der Waals surface area contributed by atoms with Crippen LogP contribution >= 0.6 is 11.8 Å². The van der Waals surface area contributed by atoms with Gasteiger partial charge in [-0.15, -0.1) is 10.2 Å². The number of hydrogen-bond donors (Lipinski definition) is 0. The van der Waals surface area contributed by atoms with E-state index in [9.17, 15) is 13.2 Å². The Labute approximate surface area is 205 Å². The summed E-state index contributed by atoms with van der Waals surface area (Å²) < 4.78 is 26.0. The minimum Gasteiger partial charge on any atom is -0.338 e. The second-order valence-electron chi connectivity index (χ2n) is 9.13. The highest BCUT2D eigenvalue weighted by molar-refractivity contribution is 7.99. The zero-order valence-corrected chi connectivity index (χ0v) is 21.3. The molecule has 1 aliphatic rings. The van der Waals surface area contributed by atoms with Crippen LogP contribution in [0.1, 0.15) is 25.8 Å². The van der Waals surface area contributed by atoms with Gasteiger partial charge in [-0.05, 0) is 31.4 Å². The summed E-state index contributed by atoms with van der Waals surface area (Å²) in [5, 5.41) is 9.48. The second-order valence-corrected chi connectivity index (χ2v) is 12.3. The Morgan fingerprint density at radius 2 is 1.82 bits per heavy atom. The molecule has 1 aliphatic heterocycles. The van der Waals surface area contributed by atoms with Gasteiger partial charge in [-0.1, -0.05) is 73.6 Å². The van der Waals surface area contributed by atoms with Crippen LogP contribution in [0.2, 0.25) is 0 Å². The molecule has 0 unspecified atom stereocenters. The van der Waals surface area contributed by atoms with E-state index >= 15 is 0 Å². The molecule has 4 rings (SSSR count). The summed E-state index contributed by atoms with van der Waals surface area (Å²) in [7, 11) is -3.08. The topological polar surface area (TPSA) is 85.2 Å². The number of hydrogen-bond acceptors (Lipinski definition) is 6. The Morgan fingerprint density at radius 3 is 2.44 bits per heavy atom. The van der Waals surface area contributed by atoms with Crippen LogP contribution in [0.4, 0.5) is 0 Å². The Hall–Kier alpha value is -2.65. The fourth-order valence-electron chi connectivity index (χ4n) is 4.14. The lowest BCUT2D eigenvalue weighted by atomic mass is 10.1. The van der Waals surface area contributed by atoms with Crippen molar-refractivity contribution in [3.05, 3.63) is 60.2 Å². The van der Waals surface area contributed by atoms with Gasteiger partial charge in [0, 0.05) is 23.8 Å². The average molecular weight is 499 g/mol. The molecule has 1 saturated heterocycles. The quantitative estimate of drug-likeness (QED) is 0.437. The number of sulfone groups is 1. The van der Waals surface area contributed by atoms with E-state index in [1.165, 1.54) is 11.8 Å². The molecule has 3 aromatic rings. The number of nitrogens with zero attached hydrogens (tertiary/aromatic N) is 4. The van der Waals surface area contributed by atoms with E-state index in [1.54, 1.807) is 4.90 Å². The third kappa shape index (κ3) is 5.70. The maximum Gasteiger partial charge on any atom is 0.233 e. The molecule has 1 aromatic heterocycles. The molecule has 2 aromatic carbocycles. The Bertz CT molecular complexity index is 1240. The summed E-state index contributed by atoms with van der Waals surface area (Å²) in [4.78, 5) is 15.0. The summed E-state index contributed by atoms with van der Waals surface area (Å²) >= 11 is 1.33. The maximum atomic E-state index is 13.3. The standard InChI is InChI=1S/C25H30N4O3S2/c1-18(2)15-28(22-13-14-34(31,32)17-22)23(30)16-33-25-27-26-24(20-7-5-4-6-8-20)29(25)21-11-9-19(3)10-12-21/h4-12,18,22H,13-17H2,1-3H3/t22-/m1/s1. The molecule has 7 nitrogen and oxygen atoms in total. The second kappa shape index (κ2) is 10.3. The Morgan fingerprint density at radius 1 is 1.12 bits per heavy atom. The molecule has 1 atom stereocenters. The van der Waals surface area contributed by atoms with Crippen LogP contribution in [0.3, 0.4) is 0 Å². The van der Waals surface area contributed by atoms with Crippen LogP contribution in [0.25, 0.3) is 17.1 Å². The van der Waals surface area contributed by atoms with E-state index in [1.807, 2.05) is 79.9 Å². The van der Waals surface area contributed by atoms with Crippen molar-refractivity contribution < 1.29 is 13.2 Å². The minimum atomic E-state index is -3.08. The molecule has 1 fully saturated rings. The maximum absolute atomic E-state index is 13.3. The van der Waals surface area contributed by atoms with Crippen LogP contribution in [0.5, 0.6) is 0 Å². The normalized spacial score (nSPS) is 17.2. The largest absolute Gasteiger partial charge is 0.338 e. The summed E-state index contributed by atoms with van der Waals surface area (Å²) in [5.41, 5.74) is 3.01. The lowest BCUT2D eigenvalue weighted by Gasteiger charge is -2.29. The van der Waals surface area contributed by atoms with Crippen molar-refractivity contribution in [2.24, 2.45) is 5.92 Å². The van der Waals surface area contributed by atoms with Gasteiger partial charge >= 0.3 is 0 Å². The van der Waals surface area contributed by atoms with E-state index in [2.05, 4.69) is 10.2 Å². The molecule has 0 spiro atoms. The summed E-state index contributed by atoms with van der Waals surface area (Å²) in [6.07, 6.45) is 0.503. The average Bonchev–Trinajstić information content (AvgIpc) is 3.39. The van der Waals surface area contributed by atoms with E-state index in [4.69, 9.17) is 0 Å². The fourth-order valence-corrected chi connectivity index (χ4v) is 6.71. The molecule has 2 heterocycles. The molecule has 1 amide bonds. The molecule has 180 valence electrons. The van der Waals surface area contributed by atoms with Crippen LogP contribution in [-0.4, -0.2) is 63.8 Å². The molecule has 9 heteroatoms. The number of amides is 1. The Balaban J connectivity index is 1.60. The van der Waals surface area contributed by atoms with E-state index < -0.39 is 9.84 Å². The molecule has 34 heavy (non-hydrogen) atoms. The zero-order valence-electron chi connectivity index (χ0n) is 19.7. The summed E-state index contributed by atoms with van der Waals surface area (Å²) in [6.45, 7) is 6.66. The zero-order chi connectivity index (χ0) is 24.3. The van der Waals surface area contributed by atoms with Crippen LogP contribution in [-0.2, 0) is 14.6 Å². The van der Waals surface area contributed by atoms with Gasteiger partial charge in [-0.2, -0.15) is 0 Å². The summed E-state index contributed by atoms with van der Waals surface area (Å²) in [6, 6.07) is 17.7.